The van der Waals surface area contributed by atoms with Crippen molar-refractivity contribution in [3.05, 3.63) is 30.3 Å². The second kappa shape index (κ2) is 7.32. The number of carbonyl (C=O) groups excluding carboxylic acids is 1. The van der Waals surface area contributed by atoms with E-state index in [-0.39, 0.29) is 31.4 Å². The molecule has 0 radical (unpaired) electrons. The minimum Gasteiger partial charge on any atom is -0.493 e. The summed E-state index contributed by atoms with van der Waals surface area (Å²) in [7, 11) is 0. The Labute approximate surface area is 106 Å². The van der Waals surface area contributed by atoms with Crippen LogP contribution in [0.25, 0.3) is 0 Å². The maximum atomic E-state index is 11.4. The highest BCUT2D eigenvalue weighted by Gasteiger charge is 2.10. The molecule has 5 nitrogen and oxygen atoms in total. The van der Waals surface area contributed by atoms with Crippen molar-refractivity contribution < 1.29 is 19.4 Å². The molecule has 0 saturated heterocycles. The van der Waals surface area contributed by atoms with E-state index in [9.17, 15) is 9.59 Å². The van der Waals surface area contributed by atoms with E-state index in [2.05, 4.69) is 5.32 Å². The third-order valence-electron chi connectivity index (χ3n) is 2.23. The van der Waals surface area contributed by atoms with Crippen LogP contribution in [0.4, 0.5) is 0 Å². The molecule has 0 aliphatic heterocycles. The quantitative estimate of drug-likeness (QED) is 0.768. The zero-order valence-electron chi connectivity index (χ0n) is 10.3. The fourth-order valence-corrected chi connectivity index (χ4v) is 1.44. The number of carboxylic acids is 1. The molecular weight excluding hydrogens is 234 g/mol. The molecule has 0 saturated carbocycles. The van der Waals surface area contributed by atoms with Gasteiger partial charge >= 0.3 is 5.97 Å². The van der Waals surface area contributed by atoms with Crippen LogP contribution in [0.2, 0.25) is 0 Å². The van der Waals surface area contributed by atoms with E-state index in [0.717, 1.165) is 0 Å². The van der Waals surface area contributed by atoms with Gasteiger partial charge in [0, 0.05) is 6.04 Å². The predicted molar refractivity (Wildman–Crippen MR) is 66.4 cm³/mol. The summed E-state index contributed by atoms with van der Waals surface area (Å²) < 4.78 is 5.36. The fourth-order valence-electron chi connectivity index (χ4n) is 1.44. The molecule has 0 aliphatic carbocycles. The van der Waals surface area contributed by atoms with Gasteiger partial charge in [-0.2, -0.15) is 0 Å². The third-order valence-corrected chi connectivity index (χ3v) is 2.23. The molecule has 1 atom stereocenters. The van der Waals surface area contributed by atoms with Crippen LogP contribution >= 0.6 is 0 Å². The number of nitrogens with one attached hydrogen (secondary N) is 1. The highest BCUT2D eigenvalue weighted by Crippen LogP contribution is 2.08. The van der Waals surface area contributed by atoms with Crippen molar-refractivity contribution in [2.24, 2.45) is 0 Å². The summed E-state index contributed by atoms with van der Waals surface area (Å²) in [6.45, 7) is 1.93. The molecule has 0 aliphatic rings. The predicted octanol–water partition coefficient (Wildman–Crippen LogP) is 1.43. The molecule has 5 heteroatoms. The van der Waals surface area contributed by atoms with Crippen LogP contribution in [0, 0.1) is 0 Å². The van der Waals surface area contributed by atoms with Gasteiger partial charge < -0.3 is 15.2 Å². The van der Waals surface area contributed by atoms with E-state index in [1.807, 2.05) is 30.3 Å². The van der Waals surface area contributed by atoms with Crippen molar-refractivity contribution in [3.8, 4) is 5.75 Å². The number of carbonyl (C=O) groups is 2. The van der Waals surface area contributed by atoms with Gasteiger partial charge in [-0.15, -0.1) is 0 Å². The number of hydrogen-bond donors (Lipinski definition) is 2. The number of carboxylic acid groups (broad SMARTS) is 1. The molecular formula is C13H17NO4. The van der Waals surface area contributed by atoms with Crippen LogP contribution in [0.5, 0.6) is 5.75 Å². The molecule has 0 heterocycles. The molecule has 1 rings (SSSR count). The van der Waals surface area contributed by atoms with Crippen LogP contribution < -0.4 is 10.1 Å². The first kappa shape index (κ1) is 14.0. The normalized spacial score (nSPS) is 11.6. The summed E-state index contributed by atoms with van der Waals surface area (Å²) in [4.78, 5) is 21.9. The van der Waals surface area contributed by atoms with Crippen LogP contribution in [0.3, 0.4) is 0 Å². The van der Waals surface area contributed by atoms with Gasteiger partial charge in [-0.25, -0.2) is 0 Å². The highest BCUT2D eigenvalue weighted by molar-refractivity contribution is 5.77. The van der Waals surface area contributed by atoms with Gasteiger partial charge in [0.1, 0.15) is 5.75 Å². The Hall–Kier alpha value is -2.04. The van der Waals surface area contributed by atoms with E-state index >= 15 is 0 Å². The number of aliphatic carboxylic acids is 1. The van der Waals surface area contributed by atoms with Crippen LogP contribution in [0.1, 0.15) is 19.8 Å². The molecule has 0 bridgehead atoms. The standard InChI is InChI=1S/C13H17NO4/c1-10(9-13(16)17)14-12(15)7-8-18-11-5-3-2-4-6-11/h2-6,10H,7-9H2,1H3,(H,14,15)(H,16,17). The Balaban J connectivity index is 2.19. The maximum Gasteiger partial charge on any atom is 0.305 e. The summed E-state index contributed by atoms with van der Waals surface area (Å²) in [6.07, 6.45) is 0.129. The van der Waals surface area contributed by atoms with E-state index in [0.29, 0.717) is 5.75 Å². The second-order valence-electron chi connectivity index (χ2n) is 3.98. The molecule has 0 aromatic heterocycles. The van der Waals surface area contributed by atoms with E-state index in [1.165, 1.54) is 0 Å². The Kier molecular flexibility index (Phi) is 5.70. The Bertz CT molecular complexity index is 391. The molecule has 1 amide bonds. The minimum atomic E-state index is -0.927. The largest absolute Gasteiger partial charge is 0.493 e. The van der Waals surface area contributed by atoms with Gasteiger partial charge in [0.2, 0.25) is 5.91 Å². The first-order valence-electron chi connectivity index (χ1n) is 5.77. The lowest BCUT2D eigenvalue weighted by Crippen LogP contribution is -2.34. The number of amides is 1. The van der Waals surface area contributed by atoms with Crippen molar-refractivity contribution in [2.45, 2.75) is 25.8 Å². The summed E-state index contributed by atoms with van der Waals surface area (Å²) in [5, 5.41) is 11.1. The van der Waals surface area contributed by atoms with Gasteiger partial charge in [-0.3, -0.25) is 9.59 Å². The van der Waals surface area contributed by atoms with Crippen molar-refractivity contribution in [2.75, 3.05) is 6.61 Å². The van der Waals surface area contributed by atoms with Crippen molar-refractivity contribution in [3.63, 3.8) is 0 Å². The van der Waals surface area contributed by atoms with Gasteiger partial charge in [-0.1, -0.05) is 18.2 Å². The SMILES string of the molecule is CC(CC(=O)O)NC(=O)CCOc1ccccc1. The molecule has 98 valence electrons. The molecule has 2 N–H and O–H groups in total. The number of rotatable bonds is 7. The second-order valence-corrected chi connectivity index (χ2v) is 3.98. The summed E-state index contributed by atoms with van der Waals surface area (Å²) in [5.41, 5.74) is 0. The number of benzene rings is 1. The topological polar surface area (TPSA) is 75.6 Å². The Morgan fingerprint density at radius 1 is 1.33 bits per heavy atom. The van der Waals surface area contributed by atoms with E-state index in [4.69, 9.17) is 9.84 Å². The average Bonchev–Trinajstić information content (AvgIpc) is 2.29. The van der Waals surface area contributed by atoms with Crippen molar-refractivity contribution in [1.29, 1.82) is 0 Å². The van der Waals surface area contributed by atoms with Crippen molar-refractivity contribution >= 4 is 11.9 Å². The van der Waals surface area contributed by atoms with Gasteiger partial charge in [-0.05, 0) is 19.1 Å². The van der Waals surface area contributed by atoms with Gasteiger partial charge in [0.25, 0.3) is 0 Å². The average molecular weight is 251 g/mol. The minimum absolute atomic E-state index is 0.0781. The smallest absolute Gasteiger partial charge is 0.305 e. The van der Waals surface area contributed by atoms with E-state index < -0.39 is 5.97 Å². The molecule has 1 aromatic rings. The van der Waals surface area contributed by atoms with Crippen LogP contribution in [-0.2, 0) is 9.59 Å². The first-order valence-corrected chi connectivity index (χ1v) is 5.77. The zero-order valence-corrected chi connectivity index (χ0v) is 10.3. The lowest BCUT2D eigenvalue weighted by atomic mass is 10.2. The van der Waals surface area contributed by atoms with Crippen LogP contribution in [-0.4, -0.2) is 29.6 Å². The summed E-state index contributed by atoms with van der Waals surface area (Å²) >= 11 is 0. The van der Waals surface area contributed by atoms with Gasteiger partial charge in [0.15, 0.2) is 0 Å². The first-order chi connectivity index (χ1) is 8.58. The molecule has 0 fully saturated rings. The summed E-state index contributed by atoms with van der Waals surface area (Å²) in [6, 6.07) is 8.84. The number of hydrogen-bond acceptors (Lipinski definition) is 3. The monoisotopic (exact) mass is 251 g/mol. The molecule has 0 spiro atoms. The zero-order chi connectivity index (χ0) is 13.4. The highest BCUT2D eigenvalue weighted by atomic mass is 16.5. The van der Waals surface area contributed by atoms with Gasteiger partial charge in [0.05, 0.1) is 19.4 Å². The molecule has 18 heavy (non-hydrogen) atoms. The molecule has 1 aromatic carbocycles. The fraction of sp³-hybridized carbons (Fsp3) is 0.385. The molecule has 1 unspecified atom stereocenters. The maximum absolute atomic E-state index is 11.4. The summed E-state index contributed by atoms with van der Waals surface area (Å²) in [5.74, 6) is -0.424. The van der Waals surface area contributed by atoms with E-state index in [1.54, 1.807) is 6.92 Å². The Morgan fingerprint density at radius 2 is 2.00 bits per heavy atom. The lowest BCUT2D eigenvalue weighted by molar-refractivity contribution is -0.137. The van der Waals surface area contributed by atoms with Crippen LogP contribution in [0.15, 0.2) is 30.3 Å². The lowest BCUT2D eigenvalue weighted by Gasteiger charge is -2.11. The Morgan fingerprint density at radius 3 is 2.61 bits per heavy atom. The number of ether oxygens (including phenoxy) is 1. The van der Waals surface area contributed by atoms with Crippen molar-refractivity contribution in [1.82, 2.24) is 5.32 Å². The number of para-hydroxylation sites is 1. The third kappa shape index (κ3) is 5.89.